The zero-order chi connectivity index (χ0) is 23.5. The SMILES string of the molecule is C=C(COc1ccccc1)/C(=C/CO)C(O)CC/C(=C/c1ccc(CO)o1)c1ccccn1. The summed E-state index contributed by atoms with van der Waals surface area (Å²) in [5.41, 5.74) is 2.80. The molecule has 2 heterocycles. The van der Waals surface area contributed by atoms with Gasteiger partial charge in [-0.15, -0.1) is 0 Å². The number of hydrogen-bond acceptors (Lipinski definition) is 6. The predicted octanol–water partition coefficient (Wildman–Crippen LogP) is 4.40. The van der Waals surface area contributed by atoms with Crippen LogP contribution in [0.2, 0.25) is 0 Å². The molecule has 0 amide bonds. The van der Waals surface area contributed by atoms with Crippen molar-refractivity contribution in [1.29, 1.82) is 0 Å². The van der Waals surface area contributed by atoms with Crippen LogP contribution in [0.3, 0.4) is 0 Å². The van der Waals surface area contributed by atoms with Gasteiger partial charge >= 0.3 is 0 Å². The maximum Gasteiger partial charge on any atom is 0.130 e. The van der Waals surface area contributed by atoms with Gasteiger partial charge in [-0.05, 0) is 72.0 Å². The van der Waals surface area contributed by atoms with E-state index < -0.39 is 6.10 Å². The van der Waals surface area contributed by atoms with Gasteiger partial charge in [-0.1, -0.05) is 36.9 Å². The summed E-state index contributed by atoms with van der Waals surface area (Å²) in [5, 5.41) is 29.6. The lowest BCUT2D eigenvalue weighted by Crippen LogP contribution is -2.16. The summed E-state index contributed by atoms with van der Waals surface area (Å²) < 4.78 is 11.3. The zero-order valence-electron chi connectivity index (χ0n) is 18.4. The Morgan fingerprint density at radius 1 is 1.06 bits per heavy atom. The van der Waals surface area contributed by atoms with Crippen molar-refractivity contribution in [2.45, 2.75) is 25.6 Å². The number of allylic oxidation sites excluding steroid dienone is 1. The molecule has 0 saturated heterocycles. The van der Waals surface area contributed by atoms with Gasteiger partial charge in [0.05, 0.1) is 18.4 Å². The number of hydrogen-bond donors (Lipinski definition) is 3. The standard InChI is InChI=1S/C27H29NO5/c1-20(19-32-22-7-3-2-4-8-22)25(14-16-29)27(31)13-10-21(26-9-5-6-15-28-26)17-23-11-12-24(18-30)33-23/h2-9,11-12,14-15,17,27,29-31H,1,10,13,16,18-19H2/b21-17-,25-14-. The summed E-state index contributed by atoms with van der Waals surface area (Å²) >= 11 is 0. The average Bonchev–Trinajstić information content (AvgIpc) is 3.32. The number of para-hydroxylation sites is 1. The first-order valence-corrected chi connectivity index (χ1v) is 10.8. The van der Waals surface area contributed by atoms with Gasteiger partial charge in [-0.25, -0.2) is 0 Å². The first kappa shape index (κ1) is 24.2. The minimum Gasteiger partial charge on any atom is -0.489 e. The molecule has 0 fully saturated rings. The third-order valence-corrected chi connectivity index (χ3v) is 5.07. The molecule has 0 bridgehead atoms. The lowest BCUT2D eigenvalue weighted by atomic mass is 9.95. The van der Waals surface area contributed by atoms with E-state index in [1.807, 2.05) is 54.6 Å². The Morgan fingerprint density at radius 3 is 2.52 bits per heavy atom. The van der Waals surface area contributed by atoms with Crippen molar-refractivity contribution in [3.05, 3.63) is 108 Å². The molecule has 6 nitrogen and oxygen atoms in total. The second-order valence-corrected chi connectivity index (χ2v) is 7.45. The molecule has 172 valence electrons. The minimum absolute atomic E-state index is 0.173. The van der Waals surface area contributed by atoms with Crippen LogP contribution in [-0.2, 0) is 6.61 Å². The molecule has 3 N–H and O–H groups in total. The van der Waals surface area contributed by atoms with Crippen LogP contribution in [0.5, 0.6) is 5.75 Å². The molecule has 0 radical (unpaired) electrons. The fourth-order valence-electron chi connectivity index (χ4n) is 3.39. The summed E-state index contributed by atoms with van der Waals surface area (Å²) in [5.74, 6) is 1.78. The Morgan fingerprint density at radius 2 is 1.85 bits per heavy atom. The highest BCUT2D eigenvalue weighted by Crippen LogP contribution is 2.26. The Balaban J connectivity index is 1.71. The molecule has 0 aliphatic rings. The number of ether oxygens (including phenoxy) is 1. The molecule has 1 atom stereocenters. The number of aliphatic hydroxyl groups is 3. The van der Waals surface area contributed by atoms with Crippen LogP contribution in [0.1, 0.15) is 30.1 Å². The quantitative estimate of drug-likeness (QED) is 0.356. The van der Waals surface area contributed by atoms with Gasteiger partial charge in [0.1, 0.15) is 30.5 Å². The summed E-state index contributed by atoms with van der Waals surface area (Å²) in [6, 6.07) is 18.5. The molecule has 2 aromatic heterocycles. The van der Waals surface area contributed by atoms with E-state index in [-0.39, 0.29) is 19.8 Å². The van der Waals surface area contributed by atoms with Crippen LogP contribution < -0.4 is 4.74 Å². The first-order valence-electron chi connectivity index (χ1n) is 10.8. The fraction of sp³-hybridized carbons (Fsp3) is 0.222. The zero-order valence-corrected chi connectivity index (χ0v) is 18.4. The van der Waals surface area contributed by atoms with Crippen molar-refractivity contribution in [2.24, 2.45) is 0 Å². The Hall–Kier alpha value is -3.45. The van der Waals surface area contributed by atoms with Crippen LogP contribution in [0, 0.1) is 0 Å². The molecule has 1 aromatic carbocycles. The van der Waals surface area contributed by atoms with E-state index in [0.717, 1.165) is 11.3 Å². The van der Waals surface area contributed by atoms with Gasteiger partial charge in [0, 0.05) is 6.20 Å². The van der Waals surface area contributed by atoms with Gasteiger partial charge in [-0.3, -0.25) is 4.98 Å². The highest BCUT2D eigenvalue weighted by atomic mass is 16.5. The smallest absolute Gasteiger partial charge is 0.130 e. The largest absolute Gasteiger partial charge is 0.489 e. The van der Waals surface area contributed by atoms with E-state index in [4.69, 9.17) is 9.15 Å². The van der Waals surface area contributed by atoms with E-state index in [2.05, 4.69) is 11.6 Å². The van der Waals surface area contributed by atoms with Gasteiger partial charge in [0.25, 0.3) is 0 Å². The summed E-state index contributed by atoms with van der Waals surface area (Å²) in [6.07, 6.45) is 5.17. The van der Waals surface area contributed by atoms with Crippen molar-refractivity contribution in [2.75, 3.05) is 13.2 Å². The van der Waals surface area contributed by atoms with Gasteiger partial charge in [0.15, 0.2) is 0 Å². The van der Waals surface area contributed by atoms with Crippen molar-refractivity contribution < 1.29 is 24.5 Å². The van der Waals surface area contributed by atoms with Crippen molar-refractivity contribution in [3.63, 3.8) is 0 Å². The summed E-state index contributed by atoms with van der Waals surface area (Å²) in [4.78, 5) is 4.43. The molecular formula is C27H29NO5. The maximum atomic E-state index is 10.9. The number of nitrogens with zero attached hydrogens (tertiary/aromatic N) is 1. The molecular weight excluding hydrogens is 418 g/mol. The third kappa shape index (κ3) is 7.29. The summed E-state index contributed by atoms with van der Waals surface area (Å²) in [6.45, 7) is 3.86. The lowest BCUT2D eigenvalue weighted by Gasteiger charge is -2.19. The monoisotopic (exact) mass is 447 g/mol. The third-order valence-electron chi connectivity index (χ3n) is 5.07. The van der Waals surface area contributed by atoms with Gasteiger partial charge in [-0.2, -0.15) is 0 Å². The van der Waals surface area contributed by atoms with Crippen LogP contribution in [-0.4, -0.2) is 39.6 Å². The molecule has 3 rings (SSSR count). The molecule has 0 spiro atoms. The number of furan rings is 1. The number of pyridine rings is 1. The highest BCUT2D eigenvalue weighted by molar-refractivity contribution is 5.78. The number of aromatic nitrogens is 1. The highest BCUT2D eigenvalue weighted by Gasteiger charge is 2.16. The molecule has 33 heavy (non-hydrogen) atoms. The predicted molar refractivity (Wildman–Crippen MR) is 128 cm³/mol. The van der Waals surface area contributed by atoms with Gasteiger partial charge in [0.2, 0.25) is 0 Å². The van der Waals surface area contributed by atoms with Gasteiger partial charge < -0.3 is 24.5 Å². The van der Waals surface area contributed by atoms with Crippen molar-refractivity contribution in [1.82, 2.24) is 4.98 Å². The van der Waals surface area contributed by atoms with E-state index in [1.54, 1.807) is 24.4 Å². The molecule has 0 aliphatic heterocycles. The maximum absolute atomic E-state index is 10.9. The van der Waals surface area contributed by atoms with E-state index in [9.17, 15) is 15.3 Å². The first-order chi connectivity index (χ1) is 16.1. The molecule has 3 aromatic rings. The van der Waals surface area contributed by atoms with E-state index >= 15 is 0 Å². The van der Waals surface area contributed by atoms with Crippen LogP contribution >= 0.6 is 0 Å². The minimum atomic E-state index is -0.847. The van der Waals surface area contributed by atoms with E-state index in [0.29, 0.717) is 41.3 Å². The Bertz CT molecular complexity index is 1070. The normalized spacial score (nSPS) is 13.1. The fourth-order valence-corrected chi connectivity index (χ4v) is 3.39. The van der Waals surface area contributed by atoms with Crippen LogP contribution in [0.15, 0.2) is 95.1 Å². The molecule has 0 saturated carbocycles. The Kier molecular flexibility index (Phi) is 9.20. The number of aliphatic hydroxyl groups excluding tert-OH is 3. The second kappa shape index (κ2) is 12.6. The molecule has 6 heteroatoms. The lowest BCUT2D eigenvalue weighted by molar-refractivity contribution is 0.200. The summed E-state index contributed by atoms with van der Waals surface area (Å²) in [7, 11) is 0. The average molecular weight is 448 g/mol. The number of rotatable bonds is 12. The molecule has 0 aliphatic carbocycles. The Labute approximate surface area is 193 Å². The van der Waals surface area contributed by atoms with Crippen LogP contribution in [0.4, 0.5) is 0 Å². The second-order valence-electron chi connectivity index (χ2n) is 7.45. The van der Waals surface area contributed by atoms with Crippen molar-refractivity contribution in [3.8, 4) is 5.75 Å². The van der Waals surface area contributed by atoms with Crippen LogP contribution in [0.25, 0.3) is 11.6 Å². The molecule has 1 unspecified atom stereocenters. The van der Waals surface area contributed by atoms with E-state index in [1.165, 1.54) is 0 Å². The topological polar surface area (TPSA) is 96.0 Å². The van der Waals surface area contributed by atoms with Crippen molar-refractivity contribution >= 4 is 11.6 Å². The number of benzene rings is 1.